The molecule has 2 N–H and O–H groups in total. The third-order valence-corrected chi connectivity index (χ3v) is 2.80. The maximum atomic E-state index is 12.0. The molecule has 2 rings (SSSR count). The average molecular weight is 331 g/mol. The van der Waals surface area contributed by atoms with Gasteiger partial charge in [-0.15, -0.1) is 13.2 Å². The predicted molar refractivity (Wildman–Crippen MR) is 77.2 cm³/mol. The lowest BCUT2D eigenvalue weighted by Crippen LogP contribution is -2.20. The lowest BCUT2D eigenvalue weighted by atomic mass is 10.3. The number of carbonyl (C=O) groups is 1. The van der Waals surface area contributed by atoms with Gasteiger partial charge in [-0.3, -0.25) is 0 Å². The first-order valence-electron chi connectivity index (χ1n) is 6.02. The van der Waals surface area contributed by atoms with Gasteiger partial charge in [-0.1, -0.05) is 23.7 Å². The number of hydrogen-bond acceptors (Lipinski definition) is 2. The molecule has 0 spiro atoms. The minimum atomic E-state index is -4.75. The molecule has 0 bridgehead atoms. The zero-order chi connectivity index (χ0) is 16.2. The Hall–Kier alpha value is -2.41. The topological polar surface area (TPSA) is 50.4 Å². The molecule has 0 aliphatic heterocycles. The van der Waals surface area contributed by atoms with Crippen LogP contribution in [0.5, 0.6) is 5.75 Å². The molecule has 4 nitrogen and oxygen atoms in total. The minimum Gasteiger partial charge on any atom is -0.406 e. The number of urea groups is 1. The van der Waals surface area contributed by atoms with Crippen molar-refractivity contribution in [2.24, 2.45) is 0 Å². The van der Waals surface area contributed by atoms with E-state index in [2.05, 4.69) is 15.4 Å². The zero-order valence-electron chi connectivity index (χ0n) is 10.9. The van der Waals surface area contributed by atoms with Crippen LogP contribution in [0.2, 0.25) is 5.02 Å². The highest BCUT2D eigenvalue weighted by Crippen LogP contribution is 2.24. The molecule has 0 saturated heterocycles. The van der Waals surface area contributed by atoms with E-state index in [1.165, 1.54) is 12.1 Å². The molecule has 116 valence electrons. The lowest BCUT2D eigenvalue weighted by Gasteiger charge is -2.11. The number of para-hydroxylation sites is 1. The first-order valence-corrected chi connectivity index (χ1v) is 6.39. The van der Waals surface area contributed by atoms with Gasteiger partial charge in [-0.25, -0.2) is 4.79 Å². The average Bonchev–Trinajstić information content (AvgIpc) is 2.42. The quantitative estimate of drug-likeness (QED) is 0.842. The minimum absolute atomic E-state index is 0.305. The number of halogens is 4. The van der Waals surface area contributed by atoms with Crippen LogP contribution < -0.4 is 15.4 Å². The predicted octanol–water partition coefficient (Wildman–Crippen LogP) is 4.88. The maximum absolute atomic E-state index is 12.0. The van der Waals surface area contributed by atoms with Crippen LogP contribution >= 0.6 is 11.6 Å². The molecule has 2 amide bonds. The highest BCUT2D eigenvalue weighted by molar-refractivity contribution is 6.33. The first-order chi connectivity index (χ1) is 10.3. The van der Waals surface area contributed by atoms with Crippen LogP contribution in [-0.2, 0) is 0 Å². The van der Waals surface area contributed by atoms with Crippen molar-refractivity contribution in [3.8, 4) is 5.75 Å². The first kappa shape index (κ1) is 16.0. The smallest absolute Gasteiger partial charge is 0.406 e. The van der Waals surface area contributed by atoms with E-state index in [1.54, 1.807) is 24.3 Å². The van der Waals surface area contributed by atoms with E-state index in [9.17, 15) is 18.0 Å². The van der Waals surface area contributed by atoms with Crippen LogP contribution in [-0.4, -0.2) is 12.4 Å². The van der Waals surface area contributed by atoms with E-state index >= 15 is 0 Å². The van der Waals surface area contributed by atoms with E-state index < -0.39 is 12.4 Å². The van der Waals surface area contributed by atoms with Crippen molar-refractivity contribution in [3.63, 3.8) is 0 Å². The summed E-state index contributed by atoms with van der Waals surface area (Å²) in [7, 11) is 0. The van der Waals surface area contributed by atoms with Crippen molar-refractivity contribution in [3.05, 3.63) is 53.6 Å². The molecule has 0 aliphatic carbocycles. The third kappa shape index (κ3) is 4.85. The van der Waals surface area contributed by atoms with Crippen molar-refractivity contribution < 1.29 is 22.7 Å². The van der Waals surface area contributed by atoms with Gasteiger partial charge in [0, 0.05) is 5.69 Å². The van der Waals surface area contributed by atoms with Crippen molar-refractivity contribution in [1.82, 2.24) is 0 Å². The molecule has 0 unspecified atom stereocenters. The second kappa shape index (κ2) is 6.57. The summed E-state index contributed by atoms with van der Waals surface area (Å²) < 4.78 is 39.8. The monoisotopic (exact) mass is 330 g/mol. The van der Waals surface area contributed by atoms with Crippen LogP contribution in [0.3, 0.4) is 0 Å². The molecule has 0 aliphatic rings. The van der Waals surface area contributed by atoms with Crippen LogP contribution in [0.25, 0.3) is 0 Å². The molecule has 2 aromatic carbocycles. The van der Waals surface area contributed by atoms with Gasteiger partial charge in [0.15, 0.2) is 0 Å². The number of rotatable bonds is 3. The number of ether oxygens (including phenoxy) is 1. The summed E-state index contributed by atoms with van der Waals surface area (Å²) >= 11 is 5.89. The summed E-state index contributed by atoms with van der Waals surface area (Å²) in [6.07, 6.45) is -4.75. The number of hydrogen-bond donors (Lipinski definition) is 2. The zero-order valence-corrected chi connectivity index (χ0v) is 11.7. The Morgan fingerprint density at radius 2 is 1.64 bits per heavy atom. The Bertz CT molecular complexity index is 660. The summed E-state index contributed by atoms with van der Waals surface area (Å²) in [6, 6.07) is 10.8. The summed E-state index contributed by atoms with van der Waals surface area (Å²) in [5, 5.41) is 5.35. The molecule has 22 heavy (non-hydrogen) atoms. The Morgan fingerprint density at radius 3 is 2.23 bits per heavy atom. The molecule has 2 aromatic rings. The van der Waals surface area contributed by atoms with Crippen molar-refractivity contribution in [1.29, 1.82) is 0 Å². The Balaban J connectivity index is 1.96. The lowest BCUT2D eigenvalue weighted by molar-refractivity contribution is -0.274. The summed E-state index contributed by atoms with van der Waals surface area (Å²) in [6.45, 7) is 0. The summed E-state index contributed by atoms with van der Waals surface area (Å²) in [5.41, 5.74) is 0.720. The Kier molecular flexibility index (Phi) is 4.77. The molecule has 0 saturated carbocycles. The van der Waals surface area contributed by atoms with E-state index in [0.29, 0.717) is 16.4 Å². The van der Waals surface area contributed by atoms with E-state index in [1.807, 2.05) is 0 Å². The third-order valence-electron chi connectivity index (χ3n) is 2.47. The van der Waals surface area contributed by atoms with E-state index in [-0.39, 0.29) is 5.75 Å². The number of alkyl halides is 3. The number of amides is 2. The van der Waals surface area contributed by atoms with Crippen LogP contribution in [0.1, 0.15) is 0 Å². The van der Waals surface area contributed by atoms with Crippen LogP contribution in [0, 0.1) is 0 Å². The molecular weight excluding hydrogens is 321 g/mol. The van der Waals surface area contributed by atoms with Gasteiger partial charge in [0.2, 0.25) is 0 Å². The van der Waals surface area contributed by atoms with Crippen molar-refractivity contribution in [2.75, 3.05) is 10.6 Å². The molecule has 0 heterocycles. The fraction of sp³-hybridized carbons (Fsp3) is 0.0714. The van der Waals surface area contributed by atoms with Crippen molar-refractivity contribution >= 4 is 29.0 Å². The van der Waals surface area contributed by atoms with Gasteiger partial charge >= 0.3 is 12.4 Å². The fourth-order valence-electron chi connectivity index (χ4n) is 1.59. The second-order valence-corrected chi connectivity index (χ2v) is 4.54. The number of anilines is 2. The molecule has 8 heteroatoms. The molecule has 0 fully saturated rings. The number of nitrogens with one attached hydrogen (secondary N) is 2. The van der Waals surface area contributed by atoms with Gasteiger partial charge in [0.25, 0.3) is 0 Å². The number of benzene rings is 2. The highest BCUT2D eigenvalue weighted by atomic mass is 35.5. The van der Waals surface area contributed by atoms with Crippen LogP contribution in [0.4, 0.5) is 29.3 Å². The maximum Gasteiger partial charge on any atom is 0.573 e. The van der Waals surface area contributed by atoms with Gasteiger partial charge in [-0.05, 0) is 36.4 Å². The van der Waals surface area contributed by atoms with E-state index in [0.717, 1.165) is 12.1 Å². The van der Waals surface area contributed by atoms with E-state index in [4.69, 9.17) is 11.6 Å². The molecule has 0 atom stereocenters. The normalized spacial score (nSPS) is 10.9. The summed E-state index contributed by atoms with van der Waals surface area (Å²) in [5.74, 6) is -0.371. The highest BCUT2D eigenvalue weighted by Gasteiger charge is 2.30. The van der Waals surface area contributed by atoms with Gasteiger partial charge in [-0.2, -0.15) is 0 Å². The molecule has 0 aromatic heterocycles. The molecular formula is C14H10ClF3N2O2. The number of carbonyl (C=O) groups excluding carboxylic acids is 1. The Labute approximate surface area is 128 Å². The largest absolute Gasteiger partial charge is 0.573 e. The second-order valence-electron chi connectivity index (χ2n) is 4.13. The van der Waals surface area contributed by atoms with Crippen LogP contribution in [0.15, 0.2) is 48.5 Å². The Morgan fingerprint density at radius 1 is 1.00 bits per heavy atom. The van der Waals surface area contributed by atoms with Gasteiger partial charge < -0.3 is 15.4 Å². The van der Waals surface area contributed by atoms with Crippen molar-refractivity contribution in [2.45, 2.75) is 6.36 Å². The SMILES string of the molecule is O=C(Nc1ccc(OC(F)(F)F)cc1)Nc1ccccc1Cl. The van der Waals surface area contributed by atoms with Gasteiger partial charge in [0.05, 0.1) is 10.7 Å². The standard InChI is InChI=1S/C14H10ClF3N2O2/c15-11-3-1-2-4-12(11)20-13(21)19-9-5-7-10(8-6-9)22-14(16,17)18/h1-8H,(H2,19,20,21). The molecule has 0 radical (unpaired) electrons. The fourth-order valence-corrected chi connectivity index (χ4v) is 1.77. The summed E-state index contributed by atoms with van der Waals surface area (Å²) in [4.78, 5) is 11.8. The van der Waals surface area contributed by atoms with Gasteiger partial charge in [0.1, 0.15) is 5.75 Å².